The Morgan fingerprint density at radius 2 is 2.07 bits per heavy atom. The van der Waals surface area contributed by atoms with Crippen LogP contribution in [0.15, 0.2) is 30.6 Å². The number of nitrogen functional groups attached to an aromatic ring is 1. The van der Waals surface area contributed by atoms with E-state index >= 15 is 0 Å². The molecule has 2 heterocycles. The molecule has 0 radical (unpaired) electrons. The number of nitrogens with one attached hydrogen (secondary N) is 1. The first kappa shape index (κ1) is 20.0. The van der Waals surface area contributed by atoms with Gasteiger partial charge in [0.15, 0.2) is 11.5 Å². The van der Waals surface area contributed by atoms with E-state index in [-0.39, 0.29) is 29.8 Å². The highest BCUT2D eigenvalue weighted by molar-refractivity contribution is 6.35. The van der Waals surface area contributed by atoms with Gasteiger partial charge in [0, 0.05) is 18.0 Å². The summed E-state index contributed by atoms with van der Waals surface area (Å²) in [6.07, 6.45) is 3.16. The number of anilines is 1. The van der Waals surface area contributed by atoms with Gasteiger partial charge in [0.2, 0.25) is 5.28 Å². The summed E-state index contributed by atoms with van der Waals surface area (Å²) in [7, 11) is 0. The number of hydrogen-bond acceptors (Lipinski definition) is 7. The Bertz CT molecular complexity index is 1020. The second-order valence-electron chi connectivity index (χ2n) is 6.12. The lowest BCUT2D eigenvalue weighted by atomic mass is 10.1. The van der Waals surface area contributed by atoms with Gasteiger partial charge in [-0.2, -0.15) is 9.97 Å². The summed E-state index contributed by atoms with van der Waals surface area (Å²) in [6, 6.07) is 7.06. The molecule has 2 aromatic heterocycles. The molecule has 0 bridgehead atoms. The van der Waals surface area contributed by atoms with Crippen LogP contribution in [0.2, 0.25) is 10.3 Å². The molecule has 0 unspecified atom stereocenters. The number of carbonyl (C=O) groups is 1. The van der Waals surface area contributed by atoms with Gasteiger partial charge in [-0.05, 0) is 42.1 Å². The Kier molecular flexibility index (Phi) is 6.43. The number of esters is 1. The summed E-state index contributed by atoms with van der Waals surface area (Å²) in [5.74, 6) is -0.388. The van der Waals surface area contributed by atoms with Crippen LogP contribution in [-0.2, 0) is 22.5 Å². The topological polar surface area (TPSA) is 120 Å². The van der Waals surface area contributed by atoms with Gasteiger partial charge in [-0.3, -0.25) is 5.41 Å². The lowest BCUT2D eigenvalue weighted by Crippen LogP contribution is -2.19. The molecule has 3 N–H and O–H groups in total. The summed E-state index contributed by atoms with van der Waals surface area (Å²) < 4.78 is 6.99. The number of imidazole rings is 1. The fourth-order valence-corrected chi connectivity index (χ4v) is 3.05. The Hall–Kier alpha value is -2.71. The standard InChI is InChI=1S/C18H18Cl2N6O2/c19-12-5-3-4-11(8-12)9-13(21)17(27)28-7-2-1-6-26-10-23-14-15(22)24-18(20)25-16(14)26/h3-5,8,10,21H,1-2,6-7,9H2,(H2,22,24,25). The van der Waals surface area contributed by atoms with Crippen molar-refractivity contribution in [1.82, 2.24) is 19.5 Å². The smallest absolute Gasteiger partial charge is 0.352 e. The molecular weight excluding hydrogens is 403 g/mol. The van der Waals surface area contributed by atoms with Crippen molar-refractivity contribution in [3.63, 3.8) is 0 Å². The number of benzene rings is 1. The van der Waals surface area contributed by atoms with Crippen LogP contribution < -0.4 is 5.73 Å². The van der Waals surface area contributed by atoms with Crippen molar-refractivity contribution in [3.05, 3.63) is 46.5 Å². The zero-order valence-corrected chi connectivity index (χ0v) is 16.4. The van der Waals surface area contributed by atoms with Crippen LogP contribution in [-0.4, -0.2) is 37.8 Å². The second kappa shape index (κ2) is 8.99. The summed E-state index contributed by atoms with van der Waals surface area (Å²) >= 11 is 11.7. The molecule has 0 aliphatic heterocycles. The number of aromatic nitrogens is 4. The maximum absolute atomic E-state index is 11.9. The van der Waals surface area contributed by atoms with Crippen molar-refractivity contribution in [3.8, 4) is 0 Å². The molecule has 0 spiro atoms. The van der Waals surface area contributed by atoms with E-state index in [1.165, 1.54) is 0 Å². The predicted molar refractivity (Wildman–Crippen MR) is 108 cm³/mol. The van der Waals surface area contributed by atoms with Crippen molar-refractivity contribution in [2.75, 3.05) is 12.3 Å². The zero-order chi connectivity index (χ0) is 20.1. The molecule has 3 aromatic rings. The van der Waals surface area contributed by atoms with Crippen LogP contribution in [0.1, 0.15) is 18.4 Å². The molecule has 0 aliphatic rings. The van der Waals surface area contributed by atoms with Gasteiger partial charge in [-0.15, -0.1) is 0 Å². The van der Waals surface area contributed by atoms with E-state index in [9.17, 15) is 4.79 Å². The molecule has 0 saturated carbocycles. The van der Waals surface area contributed by atoms with Crippen LogP contribution >= 0.6 is 23.2 Å². The first-order valence-electron chi connectivity index (χ1n) is 8.57. The predicted octanol–water partition coefficient (Wildman–Crippen LogP) is 3.30. The molecule has 0 fully saturated rings. The minimum atomic E-state index is -0.625. The molecule has 10 heteroatoms. The van der Waals surface area contributed by atoms with E-state index in [4.69, 9.17) is 39.1 Å². The first-order valence-corrected chi connectivity index (χ1v) is 9.32. The first-order chi connectivity index (χ1) is 13.4. The van der Waals surface area contributed by atoms with Gasteiger partial charge in [-0.25, -0.2) is 9.78 Å². The average molecular weight is 421 g/mol. The molecule has 3 rings (SSSR count). The second-order valence-corrected chi connectivity index (χ2v) is 6.89. The summed E-state index contributed by atoms with van der Waals surface area (Å²) in [5.41, 5.74) is 7.53. The largest absolute Gasteiger partial charge is 0.461 e. The monoisotopic (exact) mass is 420 g/mol. The van der Waals surface area contributed by atoms with Crippen LogP contribution in [0, 0.1) is 5.41 Å². The van der Waals surface area contributed by atoms with Gasteiger partial charge in [-0.1, -0.05) is 23.7 Å². The van der Waals surface area contributed by atoms with E-state index in [1.807, 2.05) is 10.6 Å². The van der Waals surface area contributed by atoms with Crippen molar-refractivity contribution >= 4 is 51.9 Å². The number of fused-ring (bicyclic) bond motifs is 1. The van der Waals surface area contributed by atoms with E-state index in [2.05, 4.69) is 15.0 Å². The molecule has 1 aromatic carbocycles. The number of aryl methyl sites for hydroxylation is 1. The zero-order valence-electron chi connectivity index (χ0n) is 14.9. The molecular formula is C18H18Cl2N6O2. The number of rotatable bonds is 8. The molecule has 0 atom stereocenters. The van der Waals surface area contributed by atoms with Crippen LogP contribution in [0.3, 0.4) is 0 Å². The Morgan fingerprint density at radius 1 is 1.25 bits per heavy atom. The summed E-state index contributed by atoms with van der Waals surface area (Å²) in [6.45, 7) is 0.835. The number of ether oxygens (including phenoxy) is 1. The third-order valence-corrected chi connectivity index (χ3v) is 4.41. The molecule has 0 saturated heterocycles. The average Bonchev–Trinajstić information content (AvgIpc) is 3.04. The lowest BCUT2D eigenvalue weighted by molar-refractivity contribution is -0.135. The van der Waals surface area contributed by atoms with Crippen molar-refractivity contribution in [2.45, 2.75) is 25.8 Å². The summed E-state index contributed by atoms with van der Waals surface area (Å²) in [4.78, 5) is 24.1. The summed E-state index contributed by atoms with van der Waals surface area (Å²) in [5, 5.41) is 8.50. The fraction of sp³-hybridized carbons (Fsp3) is 0.278. The van der Waals surface area contributed by atoms with Crippen LogP contribution in [0.25, 0.3) is 11.2 Å². The minimum Gasteiger partial charge on any atom is -0.461 e. The Morgan fingerprint density at radius 3 is 2.86 bits per heavy atom. The molecule has 0 aliphatic carbocycles. The molecule has 0 amide bonds. The number of carbonyl (C=O) groups excluding carboxylic acids is 1. The van der Waals surface area contributed by atoms with Gasteiger partial charge in [0.05, 0.1) is 12.9 Å². The van der Waals surface area contributed by atoms with Crippen LogP contribution in [0.4, 0.5) is 5.82 Å². The number of hydrogen-bond donors (Lipinski definition) is 2. The molecule has 28 heavy (non-hydrogen) atoms. The van der Waals surface area contributed by atoms with E-state index < -0.39 is 5.97 Å². The number of nitrogens with two attached hydrogens (primary N) is 1. The molecule has 8 nitrogen and oxygen atoms in total. The third-order valence-electron chi connectivity index (χ3n) is 4.01. The number of nitrogens with zero attached hydrogens (tertiary/aromatic N) is 4. The van der Waals surface area contributed by atoms with E-state index in [1.54, 1.807) is 24.5 Å². The maximum Gasteiger partial charge on any atom is 0.352 e. The number of unbranched alkanes of at least 4 members (excludes halogenated alkanes) is 1. The van der Waals surface area contributed by atoms with Crippen LogP contribution in [0.5, 0.6) is 0 Å². The fourth-order valence-electron chi connectivity index (χ4n) is 2.66. The highest BCUT2D eigenvalue weighted by atomic mass is 35.5. The minimum absolute atomic E-state index is 0.0684. The maximum atomic E-state index is 11.9. The van der Waals surface area contributed by atoms with Gasteiger partial charge in [0.1, 0.15) is 11.2 Å². The Labute approximate surface area is 171 Å². The SMILES string of the molecule is N=C(Cc1cccc(Cl)c1)C(=O)OCCCCn1cnc2c(N)nc(Cl)nc21. The highest BCUT2D eigenvalue weighted by Gasteiger charge is 2.13. The van der Waals surface area contributed by atoms with Gasteiger partial charge >= 0.3 is 5.97 Å². The number of halogens is 2. The third kappa shape index (κ3) is 4.96. The quantitative estimate of drug-likeness (QED) is 0.249. The van der Waals surface area contributed by atoms with Crippen molar-refractivity contribution in [1.29, 1.82) is 5.41 Å². The van der Waals surface area contributed by atoms with Gasteiger partial charge < -0.3 is 15.0 Å². The van der Waals surface area contributed by atoms with E-state index in [0.717, 1.165) is 12.0 Å². The Balaban J connectivity index is 1.43. The molecule has 146 valence electrons. The van der Waals surface area contributed by atoms with Crippen molar-refractivity contribution < 1.29 is 9.53 Å². The normalized spacial score (nSPS) is 10.9. The van der Waals surface area contributed by atoms with E-state index in [0.29, 0.717) is 29.2 Å². The highest BCUT2D eigenvalue weighted by Crippen LogP contribution is 2.18. The van der Waals surface area contributed by atoms with Gasteiger partial charge in [0.25, 0.3) is 0 Å². The van der Waals surface area contributed by atoms with Crippen molar-refractivity contribution in [2.24, 2.45) is 0 Å². The lowest BCUT2D eigenvalue weighted by Gasteiger charge is -2.07.